The lowest BCUT2D eigenvalue weighted by Crippen LogP contribution is -2.39. The predicted octanol–water partition coefficient (Wildman–Crippen LogP) is 7.11. The van der Waals surface area contributed by atoms with E-state index in [-0.39, 0.29) is 0 Å². The first-order valence-corrected chi connectivity index (χ1v) is 12.5. The van der Waals surface area contributed by atoms with Gasteiger partial charge in [0.05, 0.1) is 12.0 Å². The maximum Gasteiger partial charge on any atom is 0.315 e. The second kappa shape index (κ2) is 13.7. The zero-order chi connectivity index (χ0) is 24.1. The average molecular weight is 450 g/mol. The van der Waals surface area contributed by atoms with E-state index in [1.807, 2.05) is 31.5 Å². The number of carbonyl (C=O) groups is 1. The molecule has 0 radical (unpaired) electrons. The summed E-state index contributed by atoms with van der Waals surface area (Å²) >= 11 is 0. The second-order valence-corrected chi connectivity index (χ2v) is 9.20. The Bertz CT molecular complexity index is 887. The number of aliphatic carboxylic acids is 1. The summed E-state index contributed by atoms with van der Waals surface area (Å²) in [4.78, 5) is 21.2. The second-order valence-electron chi connectivity index (χ2n) is 9.20. The number of nitrogens with zero attached hydrogens (tertiary/aromatic N) is 3. The lowest BCUT2D eigenvalue weighted by molar-refractivity contribution is -0.144. The molecule has 2 atom stereocenters. The molecule has 1 aromatic carbocycles. The van der Waals surface area contributed by atoms with Crippen molar-refractivity contribution in [3.8, 4) is 17.5 Å². The van der Waals surface area contributed by atoms with Gasteiger partial charge in [0.2, 0.25) is 0 Å². The van der Waals surface area contributed by atoms with Gasteiger partial charge in [-0.15, -0.1) is 0 Å². The van der Waals surface area contributed by atoms with E-state index in [0.29, 0.717) is 17.8 Å². The van der Waals surface area contributed by atoms with Gasteiger partial charge in [0, 0.05) is 18.0 Å². The summed E-state index contributed by atoms with van der Waals surface area (Å²) in [5.74, 6) is -0.932. The van der Waals surface area contributed by atoms with Crippen LogP contribution in [0.2, 0.25) is 0 Å². The summed E-state index contributed by atoms with van der Waals surface area (Å²) in [6.45, 7) is 5.85. The number of aromatic nitrogens is 2. The van der Waals surface area contributed by atoms with Crippen molar-refractivity contribution in [2.75, 3.05) is 0 Å². The molecule has 0 bridgehead atoms. The van der Waals surface area contributed by atoms with Crippen molar-refractivity contribution in [3.63, 3.8) is 0 Å². The maximum atomic E-state index is 12.1. The van der Waals surface area contributed by atoms with Gasteiger partial charge in [0.1, 0.15) is 5.41 Å². The number of benzene rings is 1. The van der Waals surface area contributed by atoms with Crippen LogP contribution in [-0.4, -0.2) is 21.0 Å². The molecule has 0 saturated heterocycles. The summed E-state index contributed by atoms with van der Waals surface area (Å²) < 4.78 is 0. The maximum absolute atomic E-state index is 12.1. The van der Waals surface area contributed by atoms with Crippen molar-refractivity contribution in [2.24, 2.45) is 5.92 Å². The predicted molar refractivity (Wildman–Crippen MR) is 133 cm³/mol. The first-order valence-electron chi connectivity index (χ1n) is 12.5. The molecular weight excluding hydrogens is 410 g/mol. The van der Waals surface area contributed by atoms with Crippen LogP contribution in [0.25, 0.3) is 11.4 Å². The van der Waals surface area contributed by atoms with Gasteiger partial charge in [-0.05, 0) is 37.3 Å². The van der Waals surface area contributed by atoms with Crippen molar-refractivity contribution < 1.29 is 9.90 Å². The zero-order valence-corrected chi connectivity index (χ0v) is 20.5. The molecule has 1 N–H and O–H groups in total. The smallest absolute Gasteiger partial charge is 0.315 e. The van der Waals surface area contributed by atoms with Crippen LogP contribution >= 0.6 is 0 Å². The van der Waals surface area contributed by atoms with Gasteiger partial charge in [-0.3, -0.25) is 4.79 Å². The fourth-order valence-electron chi connectivity index (χ4n) is 4.31. The molecule has 0 aliphatic rings. The molecule has 1 heterocycles. The topological polar surface area (TPSA) is 86.9 Å². The minimum atomic E-state index is -1.25. The van der Waals surface area contributed by atoms with Crippen LogP contribution in [0.3, 0.4) is 0 Å². The van der Waals surface area contributed by atoms with Crippen LogP contribution < -0.4 is 0 Å². The summed E-state index contributed by atoms with van der Waals surface area (Å²) in [7, 11) is 0. The number of aryl methyl sites for hydroxylation is 1. The van der Waals surface area contributed by atoms with Crippen molar-refractivity contribution in [1.82, 2.24) is 9.97 Å². The third-order valence-corrected chi connectivity index (χ3v) is 6.64. The molecule has 178 valence electrons. The monoisotopic (exact) mass is 449 g/mol. The van der Waals surface area contributed by atoms with Gasteiger partial charge in [-0.2, -0.15) is 5.26 Å². The lowest BCUT2D eigenvalue weighted by Gasteiger charge is -2.30. The quantitative estimate of drug-likeness (QED) is 0.293. The van der Waals surface area contributed by atoms with Crippen LogP contribution in [0.5, 0.6) is 0 Å². The van der Waals surface area contributed by atoms with E-state index in [1.54, 1.807) is 19.1 Å². The minimum absolute atomic E-state index is 0.546. The Labute approximate surface area is 199 Å². The Balaban J connectivity index is 1.96. The van der Waals surface area contributed by atoms with Crippen molar-refractivity contribution in [2.45, 2.75) is 96.8 Å². The Morgan fingerprint density at radius 1 is 0.970 bits per heavy atom. The van der Waals surface area contributed by atoms with E-state index < -0.39 is 17.3 Å². The summed E-state index contributed by atoms with van der Waals surface area (Å²) in [6.07, 6.45) is 16.5. The standard InChI is InChI=1S/C28H39N3O2/c1-4-6-7-8-9-10-11-12-14-22-20-30-26(31-21-22)23-15-17-24(18-16-23)28(3,27(32)33)25(19-29)13-5-2/h15-18,20-21,25H,4-14H2,1-3H3,(H,32,33). The minimum Gasteiger partial charge on any atom is -0.481 e. The Morgan fingerprint density at radius 2 is 1.55 bits per heavy atom. The number of rotatable bonds is 15. The zero-order valence-electron chi connectivity index (χ0n) is 20.5. The van der Waals surface area contributed by atoms with Crippen molar-refractivity contribution in [1.29, 1.82) is 5.26 Å². The van der Waals surface area contributed by atoms with Crippen LogP contribution in [0, 0.1) is 17.2 Å². The molecule has 2 rings (SSSR count). The molecule has 0 fully saturated rings. The molecule has 1 aromatic heterocycles. The molecule has 33 heavy (non-hydrogen) atoms. The van der Waals surface area contributed by atoms with Crippen LogP contribution in [0.1, 0.15) is 96.1 Å². The Hall–Kier alpha value is -2.74. The SMILES string of the molecule is CCCCCCCCCCc1cnc(-c2ccc(C(C)(C(=O)O)C(C#N)CCC)cc2)nc1. The molecule has 2 unspecified atom stereocenters. The molecule has 5 nitrogen and oxygen atoms in total. The normalized spacial score (nSPS) is 13.8. The fourth-order valence-corrected chi connectivity index (χ4v) is 4.31. The van der Waals surface area contributed by atoms with Crippen molar-refractivity contribution >= 4 is 5.97 Å². The van der Waals surface area contributed by atoms with Gasteiger partial charge >= 0.3 is 5.97 Å². The highest BCUT2D eigenvalue weighted by Crippen LogP contribution is 2.36. The van der Waals surface area contributed by atoms with Gasteiger partial charge < -0.3 is 5.11 Å². The molecule has 0 amide bonds. The van der Waals surface area contributed by atoms with Gasteiger partial charge in [-0.1, -0.05) is 89.5 Å². The number of unbranched alkanes of at least 4 members (excludes halogenated alkanes) is 7. The molecular formula is C28H39N3O2. The molecule has 0 aliphatic heterocycles. The molecule has 0 spiro atoms. The molecule has 0 aliphatic carbocycles. The third-order valence-electron chi connectivity index (χ3n) is 6.64. The van der Waals surface area contributed by atoms with Gasteiger partial charge in [0.25, 0.3) is 0 Å². The van der Waals surface area contributed by atoms with E-state index in [2.05, 4.69) is 23.0 Å². The molecule has 2 aromatic rings. The lowest BCUT2D eigenvalue weighted by atomic mass is 9.70. The summed E-state index contributed by atoms with van der Waals surface area (Å²) in [5.41, 5.74) is 1.37. The highest BCUT2D eigenvalue weighted by atomic mass is 16.4. The first-order chi connectivity index (χ1) is 16.0. The highest BCUT2D eigenvalue weighted by molar-refractivity contribution is 5.82. The molecule has 0 saturated carbocycles. The van der Waals surface area contributed by atoms with Gasteiger partial charge in [-0.25, -0.2) is 9.97 Å². The Kier molecular flexibility index (Phi) is 11.0. The summed E-state index contributed by atoms with van der Waals surface area (Å²) in [6, 6.07) is 9.50. The van der Waals surface area contributed by atoms with E-state index in [4.69, 9.17) is 0 Å². The largest absolute Gasteiger partial charge is 0.481 e. The average Bonchev–Trinajstić information content (AvgIpc) is 2.84. The van der Waals surface area contributed by atoms with Crippen LogP contribution in [-0.2, 0) is 16.6 Å². The highest BCUT2D eigenvalue weighted by Gasteiger charge is 2.43. The van der Waals surface area contributed by atoms with E-state index >= 15 is 0 Å². The van der Waals surface area contributed by atoms with Gasteiger partial charge in [0.15, 0.2) is 5.82 Å². The first kappa shape index (κ1) is 26.5. The molecule has 5 heteroatoms. The number of carboxylic acids is 1. The number of hydrogen-bond acceptors (Lipinski definition) is 4. The van der Waals surface area contributed by atoms with E-state index in [9.17, 15) is 15.2 Å². The summed E-state index contributed by atoms with van der Waals surface area (Å²) in [5, 5.41) is 19.5. The number of carboxylic acid groups (broad SMARTS) is 1. The van der Waals surface area contributed by atoms with Crippen LogP contribution in [0.4, 0.5) is 0 Å². The Morgan fingerprint density at radius 3 is 2.06 bits per heavy atom. The van der Waals surface area contributed by atoms with E-state index in [0.717, 1.165) is 30.4 Å². The van der Waals surface area contributed by atoms with Crippen LogP contribution in [0.15, 0.2) is 36.7 Å². The fraction of sp³-hybridized carbons (Fsp3) is 0.571. The van der Waals surface area contributed by atoms with Crippen molar-refractivity contribution in [3.05, 3.63) is 47.8 Å². The number of nitriles is 1. The van der Waals surface area contributed by atoms with E-state index in [1.165, 1.54) is 44.9 Å². The third kappa shape index (κ3) is 7.39. The number of hydrogen-bond donors (Lipinski definition) is 1.